The number of rotatable bonds is 6. The average Bonchev–Trinajstić information content (AvgIpc) is 2.89. The second kappa shape index (κ2) is 6.71. The van der Waals surface area contributed by atoms with Crippen LogP contribution in [0.2, 0.25) is 0 Å². The van der Waals surface area contributed by atoms with Crippen molar-refractivity contribution in [3.8, 4) is 5.75 Å². The summed E-state index contributed by atoms with van der Waals surface area (Å²) >= 11 is 0. The minimum absolute atomic E-state index is 0.0832. The smallest absolute Gasteiger partial charge is 0.303 e. The minimum Gasteiger partial charge on any atom is -0.495 e. The predicted octanol–water partition coefficient (Wildman–Crippen LogP) is 4.42. The average molecular weight is 355 g/mol. The zero-order valence-corrected chi connectivity index (χ0v) is 15.0. The molecule has 0 fully saturated rings. The first-order valence-electron chi connectivity index (χ1n) is 8.30. The van der Waals surface area contributed by atoms with Gasteiger partial charge in [-0.3, -0.25) is 9.59 Å². The van der Waals surface area contributed by atoms with E-state index in [-0.39, 0.29) is 18.7 Å². The van der Waals surface area contributed by atoms with Gasteiger partial charge >= 0.3 is 5.97 Å². The first-order valence-corrected chi connectivity index (χ1v) is 8.30. The number of carbonyl (C=O) groups is 2. The normalized spacial score (nSPS) is 11.7. The number of ether oxygens (including phenoxy) is 1. The Balaban J connectivity index is 1.90. The second-order valence-corrected chi connectivity index (χ2v) is 7.11. The molecule has 1 aromatic heterocycles. The van der Waals surface area contributed by atoms with Crippen molar-refractivity contribution in [1.82, 2.24) is 0 Å². The van der Waals surface area contributed by atoms with Gasteiger partial charge in [-0.1, -0.05) is 32.0 Å². The number of para-hydroxylation sites is 1. The number of carboxylic acids is 1. The van der Waals surface area contributed by atoms with E-state index in [1.165, 1.54) is 7.11 Å². The molecule has 0 aliphatic heterocycles. The van der Waals surface area contributed by atoms with Gasteiger partial charge in [0.15, 0.2) is 0 Å². The number of amides is 1. The molecule has 3 rings (SSSR count). The number of furan rings is 1. The molecule has 1 heterocycles. The Morgan fingerprint density at radius 2 is 1.85 bits per heavy atom. The van der Waals surface area contributed by atoms with Gasteiger partial charge in [0.25, 0.3) is 0 Å². The lowest BCUT2D eigenvalue weighted by Gasteiger charge is -2.21. The number of anilines is 1. The van der Waals surface area contributed by atoms with Crippen molar-refractivity contribution in [2.45, 2.75) is 26.7 Å². The monoisotopic (exact) mass is 355 g/mol. The Morgan fingerprint density at radius 3 is 2.54 bits per heavy atom. The standard InChI is InChI=1S/C20H21NO5/c1-20(2,11-19(23)24)10-18(22)21-14-9-16-13(8-17(14)25-3)12-6-4-5-7-15(12)26-16/h4-9H,10-11H2,1-3H3,(H,21,22)(H,23,24). The topological polar surface area (TPSA) is 88.8 Å². The van der Waals surface area contributed by atoms with Gasteiger partial charge in [0.05, 0.1) is 19.2 Å². The fourth-order valence-electron chi connectivity index (χ4n) is 3.12. The summed E-state index contributed by atoms with van der Waals surface area (Å²) in [4.78, 5) is 23.3. The van der Waals surface area contributed by atoms with Crippen LogP contribution in [0.15, 0.2) is 40.8 Å². The van der Waals surface area contributed by atoms with Crippen LogP contribution in [0.25, 0.3) is 21.9 Å². The first-order chi connectivity index (χ1) is 12.3. The van der Waals surface area contributed by atoms with E-state index in [1.807, 2.05) is 30.3 Å². The lowest BCUT2D eigenvalue weighted by molar-refractivity contribution is -0.139. The van der Waals surface area contributed by atoms with E-state index in [1.54, 1.807) is 19.9 Å². The Kier molecular flexibility index (Phi) is 4.59. The number of benzene rings is 2. The Morgan fingerprint density at radius 1 is 1.12 bits per heavy atom. The van der Waals surface area contributed by atoms with Crippen LogP contribution in [0, 0.1) is 5.41 Å². The third-order valence-corrected chi connectivity index (χ3v) is 4.24. The highest BCUT2D eigenvalue weighted by Crippen LogP contribution is 2.36. The molecule has 2 aromatic carbocycles. The molecular formula is C20H21NO5. The fraction of sp³-hybridized carbons (Fsp3) is 0.300. The lowest BCUT2D eigenvalue weighted by atomic mass is 9.85. The van der Waals surface area contributed by atoms with E-state index < -0.39 is 11.4 Å². The zero-order valence-electron chi connectivity index (χ0n) is 15.0. The minimum atomic E-state index is -0.927. The summed E-state index contributed by atoms with van der Waals surface area (Å²) in [7, 11) is 1.54. The SMILES string of the molecule is COc1cc2c(cc1NC(=O)CC(C)(C)CC(=O)O)oc1ccccc12. The van der Waals surface area contributed by atoms with Crippen molar-refractivity contribution in [2.24, 2.45) is 5.41 Å². The molecule has 0 spiro atoms. The third-order valence-electron chi connectivity index (χ3n) is 4.24. The van der Waals surface area contributed by atoms with E-state index >= 15 is 0 Å². The highest BCUT2D eigenvalue weighted by atomic mass is 16.5. The van der Waals surface area contributed by atoms with Crippen LogP contribution in [0.3, 0.4) is 0 Å². The Labute approximate surface area is 150 Å². The van der Waals surface area contributed by atoms with Crippen LogP contribution in [-0.4, -0.2) is 24.1 Å². The number of aliphatic carboxylic acids is 1. The fourth-order valence-corrected chi connectivity index (χ4v) is 3.12. The molecule has 0 saturated heterocycles. The Bertz CT molecular complexity index is 986. The number of carbonyl (C=O) groups excluding carboxylic acids is 1. The maximum absolute atomic E-state index is 12.4. The maximum atomic E-state index is 12.4. The molecule has 0 radical (unpaired) electrons. The van der Waals surface area contributed by atoms with Crippen LogP contribution < -0.4 is 10.1 Å². The number of nitrogens with one attached hydrogen (secondary N) is 1. The summed E-state index contributed by atoms with van der Waals surface area (Å²) < 4.78 is 11.3. The Hall–Kier alpha value is -3.02. The summed E-state index contributed by atoms with van der Waals surface area (Å²) in [5.41, 5.74) is 1.25. The second-order valence-electron chi connectivity index (χ2n) is 7.11. The van der Waals surface area contributed by atoms with Crippen LogP contribution >= 0.6 is 0 Å². The first kappa shape index (κ1) is 17.8. The highest BCUT2D eigenvalue weighted by Gasteiger charge is 2.26. The van der Waals surface area contributed by atoms with Gasteiger partial charge < -0.3 is 19.6 Å². The number of carboxylic acid groups (broad SMARTS) is 1. The molecule has 0 aliphatic carbocycles. The molecule has 26 heavy (non-hydrogen) atoms. The molecule has 6 nitrogen and oxygen atoms in total. The maximum Gasteiger partial charge on any atom is 0.303 e. The molecular weight excluding hydrogens is 334 g/mol. The molecule has 0 saturated carbocycles. The summed E-state index contributed by atoms with van der Waals surface area (Å²) in [6.07, 6.45) is 0.000779. The van der Waals surface area contributed by atoms with Gasteiger partial charge in [-0.2, -0.15) is 0 Å². The van der Waals surface area contributed by atoms with Crippen molar-refractivity contribution in [2.75, 3.05) is 12.4 Å². The molecule has 136 valence electrons. The summed E-state index contributed by atoms with van der Waals surface area (Å²) in [5, 5.41) is 13.6. The largest absolute Gasteiger partial charge is 0.495 e. The van der Waals surface area contributed by atoms with E-state index in [0.29, 0.717) is 17.0 Å². The van der Waals surface area contributed by atoms with E-state index in [9.17, 15) is 9.59 Å². The van der Waals surface area contributed by atoms with Crippen molar-refractivity contribution in [3.63, 3.8) is 0 Å². The van der Waals surface area contributed by atoms with Crippen LogP contribution in [0.4, 0.5) is 5.69 Å². The number of fused-ring (bicyclic) bond motifs is 3. The number of hydrogen-bond acceptors (Lipinski definition) is 4. The molecule has 0 aliphatic rings. The predicted molar refractivity (Wildman–Crippen MR) is 99.6 cm³/mol. The number of hydrogen-bond donors (Lipinski definition) is 2. The molecule has 1 amide bonds. The summed E-state index contributed by atoms with van der Waals surface area (Å²) in [6.45, 7) is 3.50. The zero-order chi connectivity index (χ0) is 18.9. The molecule has 3 aromatic rings. The molecule has 0 unspecified atom stereocenters. The van der Waals surface area contributed by atoms with Crippen LogP contribution in [-0.2, 0) is 9.59 Å². The van der Waals surface area contributed by atoms with Gasteiger partial charge in [0.1, 0.15) is 16.9 Å². The molecule has 0 bridgehead atoms. The highest BCUT2D eigenvalue weighted by molar-refractivity contribution is 6.07. The van der Waals surface area contributed by atoms with E-state index in [0.717, 1.165) is 16.4 Å². The van der Waals surface area contributed by atoms with Crippen molar-refractivity contribution in [1.29, 1.82) is 0 Å². The van der Waals surface area contributed by atoms with Gasteiger partial charge in [0, 0.05) is 23.3 Å². The quantitative estimate of drug-likeness (QED) is 0.683. The van der Waals surface area contributed by atoms with Gasteiger partial charge in [0.2, 0.25) is 5.91 Å². The van der Waals surface area contributed by atoms with E-state index in [4.69, 9.17) is 14.3 Å². The molecule has 2 N–H and O–H groups in total. The van der Waals surface area contributed by atoms with Crippen LogP contribution in [0.1, 0.15) is 26.7 Å². The van der Waals surface area contributed by atoms with Crippen LogP contribution in [0.5, 0.6) is 5.75 Å². The lowest BCUT2D eigenvalue weighted by Crippen LogP contribution is -2.25. The third kappa shape index (κ3) is 3.64. The van der Waals surface area contributed by atoms with Gasteiger partial charge in [-0.25, -0.2) is 0 Å². The summed E-state index contributed by atoms with van der Waals surface area (Å²) in [6, 6.07) is 11.2. The number of methoxy groups -OCH3 is 1. The van der Waals surface area contributed by atoms with Crippen molar-refractivity contribution < 1.29 is 23.8 Å². The summed E-state index contributed by atoms with van der Waals surface area (Å²) in [5.74, 6) is -0.678. The molecule has 6 heteroatoms. The molecule has 0 atom stereocenters. The van der Waals surface area contributed by atoms with Gasteiger partial charge in [-0.15, -0.1) is 0 Å². The van der Waals surface area contributed by atoms with Gasteiger partial charge in [-0.05, 0) is 17.5 Å². The van der Waals surface area contributed by atoms with Crippen molar-refractivity contribution >= 4 is 39.5 Å². The van der Waals surface area contributed by atoms with E-state index in [2.05, 4.69) is 5.32 Å². The van der Waals surface area contributed by atoms with Crippen molar-refractivity contribution in [3.05, 3.63) is 36.4 Å².